The number of nitrogens with one attached hydrogen (secondary N) is 1. The Morgan fingerprint density at radius 1 is 1.00 bits per heavy atom. The minimum absolute atomic E-state index is 0.0326. The molecule has 0 spiro atoms. The summed E-state index contributed by atoms with van der Waals surface area (Å²) in [5, 5.41) is 2.68. The molecule has 2 aromatic carbocycles. The predicted octanol–water partition coefficient (Wildman–Crippen LogP) is 2.75. The summed E-state index contributed by atoms with van der Waals surface area (Å²) in [6, 6.07) is 11.7. The Balaban J connectivity index is 1.21. The lowest BCUT2D eigenvalue weighted by Gasteiger charge is -2.34. The number of para-hydroxylation sites is 1. The highest BCUT2D eigenvalue weighted by Crippen LogP contribution is 2.33. The molecule has 4 rings (SSSR count). The maximum atomic E-state index is 12.5. The first-order valence-corrected chi connectivity index (χ1v) is 10.3. The van der Waals surface area contributed by atoms with Crippen LogP contribution in [0.4, 0.5) is 13.2 Å². The van der Waals surface area contributed by atoms with Gasteiger partial charge in [0.25, 0.3) is 0 Å². The van der Waals surface area contributed by atoms with E-state index in [9.17, 15) is 18.0 Å². The quantitative estimate of drug-likeness (QED) is 0.699. The van der Waals surface area contributed by atoms with E-state index < -0.39 is 6.36 Å². The Morgan fingerprint density at radius 3 is 2.50 bits per heavy atom. The fraction of sp³-hybridized carbons (Fsp3) is 0.409. The van der Waals surface area contributed by atoms with Crippen molar-refractivity contribution < 1.29 is 32.2 Å². The number of hydrogen-bond donors (Lipinski definition) is 1. The van der Waals surface area contributed by atoms with Crippen molar-refractivity contribution in [3.63, 3.8) is 0 Å². The average molecular weight is 451 g/mol. The molecule has 0 aromatic heterocycles. The van der Waals surface area contributed by atoms with Gasteiger partial charge in [-0.3, -0.25) is 14.6 Å². The first-order valence-electron chi connectivity index (χ1n) is 10.3. The number of halogens is 3. The molecular weight excluding hydrogens is 427 g/mol. The molecule has 0 atom stereocenters. The van der Waals surface area contributed by atoms with E-state index in [1.54, 1.807) is 6.07 Å². The molecule has 1 saturated heterocycles. The Kier molecular flexibility index (Phi) is 6.71. The van der Waals surface area contributed by atoms with Crippen LogP contribution in [-0.2, 0) is 17.9 Å². The Hall–Kier alpha value is -2.98. The van der Waals surface area contributed by atoms with Gasteiger partial charge in [-0.2, -0.15) is 0 Å². The molecule has 32 heavy (non-hydrogen) atoms. The molecule has 1 amide bonds. The van der Waals surface area contributed by atoms with Gasteiger partial charge in [0.2, 0.25) is 12.7 Å². The molecule has 2 aliphatic rings. The fourth-order valence-electron chi connectivity index (χ4n) is 3.73. The van der Waals surface area contributed by atoms with E-state index in [2.05, 4.69) is 15.0 Å². The van der Waals surface area contributed by atoms with Gasteiger partial charge in [-0.05, 0) is 23.8 Å². The lowest BCUT2D eigenvalue weighted by molar-refractivity contribution is -0.274. The van der Waals surface area contributed by atoms with Crippen molar-refractivity contribution in [2.24, 2.45) is 0 Å². The molecule has 0 unspecified atom stereocenters. The zero-order chi connectivity index (χ0) is 22.6. The second-order valence-corrected chi connectivity index (χ2v) is 7.67. The van der Waals surface area contributed by atoms with Crippen molar-refractivity contribution in [2.45, 2.75) is 19.5 Å². The standard InChI is InChI=1S/C22H24F3N3O4/c23-22(24,25)32-18-4-2-1-3-17(18)12-26-21(29)14-28-9-7-27(8-10-28)13-16-5-6-19-20(11-16)31-15-30-19/h1-6,11H,7-10,12-15H2,(H,26,29). The molecule has 2 aromatic rings. The molecule has 2 aliphatic heterocycles. The van der Waals surface area contributed by atoms with Gasteiger partial charge in [0.1, 0.15) is 5.75 Å². The van der Waals surface area contributed by atoms with E-state index in [1.807, 2.05) is 23.1 Å². The third-order valence-corrected chi connectivity index (χ3v) is 5.35. The smallest absolute Gasteiger partial charge is 0.454 e. The normalized spacial score (nSPS) is 16.7. The summed E-state index contributed by atoms with van der Waals surface area (Å²) >= 11 is 0. The second kappa shape index (κ2) is 9.66. The van der Waals surface area contributed by atoms with Gasteiger partial charge in [-0.15, -0.1) is 13.2 Å². The number of piperazine rings is 1. The van der Waals surface area contributed by atoms with Crippen molar-refractivity contribution >= 4 is 5.91 Å². The van der Waals surface area contributed by atoms with Crippen LogP contribution in [0.2, 0.25) is 0 Å². The highest BCUT2D eigenvalue weighted by molar-refractivity contribution is 5.78. The molecule has 1 N–H and O–H groups in total. The number of fused-ring (bicyclic) bond motifs is 1. The van der Waals surface area contributed by atoms with E-state index in [0.29, 0.717) is 0 Å². The summed E-state index contributed by atoms with van der Waals surface area (Å²) in [6.45, 7) is 4.27. The predicted molar refractivity (Wildman–Crippen MR) is 109 cm³/mol. The highest BCUT2D eigenvalue weighted by atomic mass is 19.4. The molecule has 0 aliphatic carbocycles. The first-order chi connectivity index (χ1) is 15.4. The van der Waals surface area contributed by atoms with Crippen LogP contribution in [0.1, 0.15) is 11.1 Å². The van der Waals surface area contributed by atoms with Crippen molar-refractivity contribution in [1.82, 2.24) is 15.1 Å². The van der Waals surface area contributed by atoms with Crippen molar-refractivity contribution in [1.29, 1.82) is 0 Å². The molecule has 0 saturated carbocycles. The van der Waals surface area contributed by atoms with Crippen LogP contribution in [0.5, 0.6) is 17.2 Å². The number of benzene rings is 2. The second-order valence-electron chi connectivity index (χ2n) is 7.67. The molecule has 7 nitrogen and oxygen atoms in total. The van der Waals surface area contributed by atoms with Gasteiger partial charge in [-0.1, -0.05) is 24.3 Å². The van der Waals surface area contributed by atoms with Crippen LogP contribution in [-0.4, -0.2) is 61.6 Å². The third-order valence-electron chi connectivity index (χ3n) is 5.35. The van der Waals surface area contributed by atoms with E-state index in [0.717, 1.165) is 49.8 Å². The summed E-state index contributed by atoms with van der Waals surface area (Å²) in [5.41, 5.74) is 1.41. The van der Waals surface area contributed by atoms with Crippen molar-refractivity contribution in [3.05, 3.63) is 53.6 Å². The van der Waals surface area contributed by atoms with E-state index >= 15 is 0 Å². The number of ether oxygens (including phenoxy) is 3. The van der Waals surface area contributed by atoms with Crippen molar-refractivity contribution in [2.75, 3.05) is 39.5 Å². The SMILES string of the molecule is O=C(CN1CCN(Cc2ccc3c(c2)OCO3)CC1)NCc1ccccc1OC(F)(F)F. The number of carbonyl (C=O) groups is 1. The van der Waals surface area contributed by atoms with E-state index in [-0.39, 0.29) is 37.1 Å². The Bertz CT molecular complexity index is 946. The molecular formula is C22H24F3N3O4. The average Bonchev–Trinajstić information content (AvgIpc) is 3.21. The lowest BCUT2D eigenvalue weighted by Crippen LogP contribution is -2.49. The number of hydrogen-bond acceptors (Lipinski definition) is 6. The largest absolute Gasteiger partial charge is 0.573 e. The molecule has 0 radical (unpaired) electrons. The Morgan fingerprint density at radius 2 is 1.72 bits per heavy atom. The molecule has 10 heteroatoms. The fourth-order valence-corrected chi connectivity index (χ4v) is 3.73. The summed E-state index contributed by atoms with van der Waals surface area (Å²) in [7, 11) is 0. The minimum atomic E-state index is -4.78. The highest BCUT2D eigenvalue weighted by Gasteiger charge is 2.32. The van der Waals surface area contributed by atoms with Gasteiger partial charge in [-0.25, -0.2) is 0 Å². The van der Waals surface area contributed by atoms with Crippen molar-refractivity contribution in [3.8, 4) is 17.2 Å². The monoisotopic (exact) mass is 451 g/mol. The number of alkyl halides is 3. The maximum Gasteiger partial charge on any atom is 0.573 e. The number of rotatable bonds is 7. The van der Waals surface area contributed by atoms with Crippen LogP contribution in [0.25, 0.3) is 0 Å². The minimum Gasteiger partial charge on any atom is -0.454 e. The zero-order valence-electron chi connectivity index (χ0n) is 17.4. The third kappa shape index (κ3) is 6.04. The number of carbonyl (C=O) groups excluding carboxylic acids is 1. The first kappa shape index (κ1) is 22.2. The van der Waals surface area contributed by atoms with Gasteiger partial charge in [0, 0.05) is 44.8 Å². The van der Waals surface area contributed by atoms with Gasteiger partial charge in [0.15, 0.2) is 11.5 Å². The molecule has 172 valence electrons. The van der Waals surface area contributed by atoms with Gasteiger partial charge in [0.05, 0.1) is 6.54 Å². The molecule has 0 bridgehead atoms. The Labute approximate surface area is 183 Å². The topological polar surface area (TPSA) is 63.3 Å². The molecule has 1 fully saturated rings. The van der Waals surface area contributed by atoms with Crippen LogP contribution >= 0.6 is 0 Å². The summed E-state index contributed by atoms with van der Waals surface area (Å²) in [5.74, 6) is 0.977. The maximum absolute atomic E-state index is 12.5. The van der Waals surface area contributed by atoms with Crippen LogP contribution < -0.4 is 19.5 Å². The zero-order valence-corrected chi connectivity index (χ0v) is 17.4. The summed E-state index contributed by atoms with van der Waals surface area (Å²) < 4.78 is 52.3. The lowest BCUT2D eigenvalue weighted by atomic mass is 10.1. The van der Waals surface area contributed by atoms with Crippen LogP contribution in [0, 0.1) is 0 Å². The van der Waals surface area contributed by atoms with Gasteiger partial charge < -0.3 is 19.5 Å². The summed E-state index contributed by atoms with van der Waals surface area (Å²) in [6.07, 6.45) is -4.78. The van der Waals surface area contributed by atoms with Crippen LogP contribution in [0.3, 0.4) is 0 Å². The van der Waals surface area contributed by atoms with E-state index in [4.69, 9.17) is 9.47 Å². The van der Waals surface area contributed by atoms with E-state index in [1.165, 1.54) is 18.2 Å². The molecule has 2 heterocycles. The van der Waals surface area contributed by atoms with Gasteiger partial charge >= 0.3 is 6.36 Å². The van der Waals surface area contributed by atoms with Crippen LogP contribution in [0.15, 0.2) is 42.5 Å². The number of nitrogens with zero attached hydrogens (tertiary/aromatic N) is 2. The summed E-state index contributed by atoms with van der Waals surface area (Å²) in [4.78, 5) is 16.6. The number of amides is 1.